The molecule has 0 fully saturated rings. The van der Waals surface area contributed by atoms with Crippen LogP contribution < -0.4 is 0 Å². The van der Waals surface area contributed by atoms with Crippen LogP contribution in [0.4, 0.5) is 0 Å². The van der Waals surface area contributed by atoms with Gasteiger partial charge in [-0.15, -0.1) is 0 Å². The second-order valence-electron chi connectivity index (χ2n) is 2.43. The van der Waals surface area contributed by atoms with Crippen LogP contribution in [0.25, 0.3) is 0 Å². The van der Waals surface area contributed by atoms with Crippen LogP contribution in [0.15, 0.2) is 6.58 Å². The van der Waals surface area contributed by atoms with E-state index in [1.807, 2.05) is 0 Å². The predicted molar refractivity (Wildman–Crippen MR) is 39.4 cm³/mol. The van der Waals surface area contributed by atoms with Crippen molar-refractivity contribution >= 4 is 0 Å². The Labute approximate surface area is 85.0 Å². The average Bonchev–Trinajstić information content (AvgIpc) is 1.71. The molecular weight excluding hydrogens is 185 g/mol. The Morgan fingerprint density at radius 2 is 1.33 bits per heavy atom. The molecule has 0 rings (SSSR count). The van der Waals surface area contributed by atoms with Crippen LogP contribution in [0.1, 0.15) is 27.7 Å². The summed E-state index contributed by atoms with van der Waals surface area (Å²) in [6.45, 7) is 14.7. The van der Waals surface area contributed by atoms with Crippen molar-refractivity contribution in [3.63, 3.8) is 0 Å². The van der Waals surface area contributed by atoms with Crippen LogP contribution in [0, 0.1) is 18.4 Å². The molecule has 0 heterocycles. The van der Waals surface area contributed by atoms with Crippen LogP contribution >= 0.6 is 0 Å². The molecule has 0 spiro atoms. The molecule has 9 heavy (non-hydrogen) atoms. The Bertz CT molecular complexity index is 50.1. The molecule has 0 aliphatic carbocycles. The van der Waals surface area contributed by atoms with Gasteiger partial charge in [0.25, 0.3) is 0 Å². The molecule has 53 valence electrons. The first-order valence-electron chi connectivity index (χ1n) is 2.81. The number of allylic oxidation sites excluding steroid dienone is 1. The molecule has 1 heteroatoms. The van der Waals surface area contributed by atoms with Gasteiger partial charge in [-0.25, -0.2) is 0 Å². The van der Waals surface area contributed by atoms with E-state index >= 15 is 0 Å². The molecular formula is C8H16Y-2. The summed E-state index contributed by atoms with van der Waals surface area (Å²) in [5.41, 5.74) is 0.181. The fourth-order valence-electron chi connectivity index (χ4n) is 0. The normalized spacial score (nSPS) is 8.11. The van der Waals surface area contributed by atoms with Crippen molar-refractivity contribution in [2.24, 2.45) is 5.41 Å². The summed E-state index contributed by atoms with van der Waals surface area (Å²) < 4.78 is 0. The maximum atomic E-state index is 3.51. The summed E-state index contributed by atoms with van der Waals surface area (Å²) in [6.07, 6.45) is 2.85. The van der Waals surface area contributed by atoms with Gasteiger partial charge < -0.3 is 13.0 Å². The second kappa shape index (κ2) is 8.84. The summed E-state index contributed by atoms with van der Waals surface area (Å²) >= 11 is 0. The van der Waals surface area contributed by atoms with E-state index in [2.05, 4.69) is 40.3 Å². The van der Waals surface area contributed by atoms with Gasteiger partial charge in [0.2, 0.25) is 0 Å². The standard InChI is InChI=1S/C6H11.C2H5.Y/c1-5-6(2,3)4;1-2;/h1H2,2-4H3;1H2,2H3;/q2*-1;. The summed E-state index contributed by atoms with van der Waals surface area (Å²) in [5, 5.41) is 0. The quantitative estimate of drug-likeness (QED) is 0.528. The van der Waals surface area contributed by atoms with Crippen LogP contribution in [0.5, 0.6) is 0 Å². The fourth-order valence-corrected chi connectivity index (χ4v) is 0. The summed E-state index contributed by atoms with van der Waals surface area (Å²) in [5.74, 6) is 0. The van der Waals surface area contributed by atoms with Crippen molar-refractivity contribution in [3.8, 4) is 0 Å². The van der Waals surface area contributed by atoms with E-state index in [0.717, 1.165) is 0 Å². The molecule has 0 aromatic rings. The third-order valence-electron chi connectivity index (χ3n) is 0.530. The van der Waals surface area contributed by atoms with Crippen molar-refractivity contribution in [3.05, 3.63) is 19.6 Å². The first kappa shape index (κ1) is 16.4. The van der Waals surface area contributed by atoms with Crippen LogP contribution in [-0.2, 0) is 32.7 Å². The maximum absolute atomic E-state index is 3.51. The van der Waals surface area contributed by atoms with Gasteiger partial charge in [0, 0.05) is 32.7 Å². The Hall–Kier alpha value is 0.844. The van der Waals surface area contributed by atoms with E-state index < -0.39 is 0 Å². The molecule has 0 aliphatic heterocycles. The molecule has 0 amide bonds. The van der Waals surface area contributed by atoms with E-state index in [1.165, 1.54) is 0 Å². The molecule has 0 N–H and O–H groups in total. The monoisotopic (exact) mass is 201 g/mol. The minimum absolute atomic E-state index is 0. The summed E-state index contributed by atoms with van der Waals surface area (Å²) in [7, 11) is 0. The SMILES string of the molecule is C=[C-]C(C)(C)C.[CH2-]C.[Y]. The second-order valence-corrected chi connectivity index (χ2v) is 2.43. The van der Waals surface area contributed by atoms with Crippen molar-refractivity contribution in [2.45, 2.75) is 27.7 Å². The fraction of sp³-hybridized carbons (Fsp3) is 0.625. The molecule has 0 unspecified atom stereocenters. The zero-order chi connectivity index (χ0) is 7.21. The third-order valence-corrected chi connectivity index (χ3v) is 0.530. The first-order valence-corrected chi connectivity index (χ1v) is 2.81. The third kappa shape index (κ3) is 28.0. The molecule has 0 bridgehead atoms. The van der Waals surface area contributed by atoms with Crippen molar-refractivity contribution in [1.82, 2.24) is 0 Å². The Morgan fingerprint density at radius 1 is 1.22 bits per heavy atom. The molecule has 0 aliphatic rings. The van der Waals surface area contributed by atoms with Gasteiger partial charge in [-0.2, -0.15) is 12.3 Å². The molecule has 0 atom stereocenters. The van der Waals surface area contributed by atoms with Crippen molar-refractivity contribution < 1.29 is 32.7 Å². The molecule has 0 saturated carbocycles. The smallest absolute Gasteiger partial charge is 0 e. The van der Waals surface area contributed by atoms with E-state index in [0.29, 0.717) is 0 Å². The minimum Gasteiger partial charge on any atom is -0.498 e. The summed E-state index contributed by atoms with van der Waals surface area (Å²) in [4.78, 5) is 0. The van der Waals surface area contributed by atoms with Crippen LogP contribution in [-0.4, -0.2) is 0 Å². The van der Waals surface area contributed by atoms with Gasteiger partial charge in [0.05, 0.1) is 0 Å². The largest absolute Gasteiger partial charge is 0.498 e. The van der Waals surface area contributed by atoms with Gasteiger partial charge in [-0.1, -0.05) is 20.8 Å². The van der Waals surface area contributed by atoms with E-state index in [4.69, 9.17) is 0 Å². The molecule has 0 nitrogen and oxygen atoms in total. The summed E-state index contributed by atoms with van der Waals surface area (Å²) in [6, 6.07) is 0. The average molecular weight is 201 g/mol. The van der Waals surface area contributed by atoms with E-state index in [9.17, 15) is 0 Å². The zero-order valence-corrected chi connectivity index (χ0v) is 9.83. The van der Waals surface area contributed by atoms with Gasteiger partial charge in [0.1, 0.15) is 0 Å². The van der Waals surface area contributed by atoms with Gasteiger partial charge in [0.15, 0.2) is 0 Å². The Morgan fingerprint density at radius 3 is 1.33 bits per heavy atom. The number of hydrogen-bond donors (Lipinski definition) is 0. The van der Waals surface area contributed by atoms with Gasteiger partial charge in [-0.3, -0.25) is 6.58 Å². The minimum atomic E-state index is 0. The maximum Gasteiger partial charge on any atom is 0 e. The molecule has 0 aromatic heterocycles. The van der Waals surface area contributed by atoms with Crippen LogP contribution in [0.3, 0.4) is 0 Å². The molecule has 0 saturated heterocycles. The van der Waals surface area contributed by atoms with Crippen molar-refractivity contribution in [2.75, 3.05) is 0 Å². The van der Waals surface area contributed by atoms with Crippen LogP contribution in [0.2, 0.25) is 0 Å². The Kier molecular flexibility index (Phi) is 16.2. The van der Waals surface area contributed by atoms with E-state index in [-0.39, 0.29) is 38.1 Å². The predicted octanol–water partition coefficient (Wildman–Crippen LogP) is 2.86. The molecule has 1 radical (unpaired) electrons. The van der Waals surface area contributed by atoms with Crippen molar-refractivity contribution in [1.29, 1.82) is 0 Å². The number of hydrogen-bond acceptors (Lipinski definition) is 0. The first-order chi connectivity index (χ1) is 3.56. The van der Waals surface area contributed by atoms with E-state index in [1.54, 1.807) is 6.92 Å². The Balaban J connectivity index is -0.000000109. The number of rotatable bonds is 0. The van der Waals surface area contributed by atoms with Gasteiger partial charge >= 0.3 is 0 Å². The topological polar surface area (TPSA) is 0 Å². The van der Waals surface area contributed by atoms with Gasteiger partial charge in [-0.05, 0) is 0 Å². The molecule has 0 aromatic carbocycles. The zero-order valence-electron chi connectivity index (χ0n) is 6.99.